The average molecular weight is 386 g/mol. The van der Waals surface area contributed by atoms with Gasteiger partial charge in [-0.25, -0.2) is 0 Å². The van der Waals surface area contributed by atoms with Gasteiger partial charge >= 0.3 is 0 Å². The van der Waals surface area contributed by atoms with Crippen LogP contribution in [-0.2, 0) is 0 Å². The zero-order chi connectivity index (χ0) is 20.6. The minimum absolute atomic E-state index is 0.170. The first-order chi connectivity index (χ1) is 13.3. The molecule has 1 aliphatic heterocycles. The highest BCUT2D eigenvalue weighted by Crippen LogP contribution is 2.42. The number of ether oxygens (including phenoxy) is 2. The standard InChI is InChI=1S/C22H30N2O4/c1-13-14(2)24(20-10-8-18(26)12-22(20)28-6)16(4)15(3)23(13)19-9-7-17(25)11-21(19)27-5/h7-16,25-26H,1-6H3. The number of methoxy groups -OCH3 is 2. The number of piperazine rings is 1. The van der Waals surface area contributed by atoms with Crippen molar-refractivity contribution in [3.05, 3.63) is 36.4 Å². The Morgan fingerprint density at radius 1 is 0.643 bits per heavy atom. The van der Waals surface area contributed by atoms with Crippen molar-refractivity contribution in [3.8, 4) is 23.0 Å². The van der Waals surface area contributed by atoms with E-state index in [1.54, 1.807) is 38.5 Å². The molecule has 1 heterocycles. The number of hydrogen-bond acceptors (Lipinski definition) is 6. The fourth-order valence-corrected chi connectivity index (χ4v) is 4.31. The van der Waals surface area contributed by atoms with E-state index >= 15 is 0 Å². The lowest BCUT2D eigenvalue weighted by Crippen LogP contribution is -2.66. The van der Waals surface area contributed by atoms with Crippen molar-refractivity contribution in [1.29, 1.82) is 0 Å². The van der Waals surface area contributed by atoms with Crippen LogP contribution in [0.3, 0.4) is 0 Å². The van der Waals surface area contributed by atoms with Crippen molar-refractivity contribution in [2.45, 2.75) is 51.9 Å². The van der Waals surface area contributed by atoms with Gasteiger partial charge in [-0.15, -0.1) is 0 Å². The van der Waals surface area contributed by atoms with Crippen molar-refractivity contribution in [2.24, 2.45) is 0 Å². The smallest absolute Gasteiger partial charge is 0.145 e. The van der Waals surface area contributed by atoms with Gasteiger partial charge in [0.15, 0.2) is 0 Å². The van der Waals surface area contributed by atoms with Gasteiger partial charge in [0.2, 0.25) is 0 Å². The topological polar surface area (TPSA) is 65.4 Å². The van der Waals surface area contributed by atoms with Gasteiger partial charge in [0.25, 0.3) is 0 Å². The van der Waals surface area contributed by atoms with E-state index in [1.807, 2.05) is 12.1 Å². The molecule has 1 saturated heterocycles. The highest BCUT2D eigenvalue weighted by Gasteiger charge is 2.42. The van der Waals surface area contributed by atoms with E-state index in [-0.39, 0.29) is 35.7 Å². The van der Waals surface area contributed by atoms with Crippen molar-refractivity contribution in [1.82, 2.24) is 0 Å². The van der Waals surface area contributed by atoms with E-state index in [0.29, 0.717) is 11.5 Å². The third kappa shape index (κ3) is 3.28. The van der Waals surface area contributed by atoms with E-state index in [9.17, 15) is 10.2 Å². The normalized spacial score (nSPS) is 24.9. The molecule has 1 aliphatic rings. The van der Waals surface area contributed by atoms with Crippen LogP contribution in [0.5, 0.6) is 23.0 Å². The number of phenolic OH excluding ortho intramolecular Hbond substituents is 2. The Morgan fingerprint density at radius 2 is 0.964 bits per heavy atom. The number of nitrogens with zero attached hydrogens (tertiary/aromatic N) is 2. The van der Waals surface area contributed by atoms with Gasteiger partial charge < -0.3 is 29.5 Å². The molecule has 0 bridgehead atoms. The summed E-state index contributed by atoms with van der Waals surface area (Å²) in [6.07, 6.45) is 0. The third-order valence-electron chi connectivity index (χ3n) is 6.03. The summed E-state index contributed by atoms with van der Waals surface area (Å²) in [5.41, 5.74) is 1.94. The van der Waals surface area contributed by atoms with Gasteiger partial charge in [-0.2, -0.15) is 0 Å². The molecule has 152 valence electrons. The molecule has 0 aliphatic carbocycles. The molecule has 4 unspecified atom stereocenters. The second kappa shape index (κ2) is 7.70. The minimum atomic E-state index is 0.170. The van der Waals surface area contributed by atoms with E-state index in [2.05, 4.69) is 37.5 Å². The number of anilines is 2. The molecule has 4 atom stereocenters. The van der Waals surface area contributed by atoms with Crippen molar-refractivity contribution >= 4 is 11.4 Å². The first kappa shape index (κ1) is 20.0. The summed E-state index contributed by atoms with van der Waals surface area (Å²) < 4.78 is 11.1. The van der Waals surface area contributed by atoms with Crippen LogP contribution in [0.15, 0.2) is 36.4 Å². The second-order valence-corrected chi connectivity index (χ2v) is 7.49. The van der Waals surface area contributed by atoms with E-state index in [1.165, 1.54) is 0 Å². The molecule has 3 rings (SSSR count). The highest BCUT2D eigenvalue weighted by molar-refractivity contribution is 5.67. The number of hydrogen-bond donors (Lipinski definition) is 2. The molecule has 28 heavy (non-hydrogen) atoms. The number of rotatable bonds is 4. The predicted octanol–water partition coefficient (Wildman–Crippen LogP) is 4.00. The van der Waals surface area contributed by atoms with Gasteiger partial charge in [0, 0.05) is 36.3 Å². The molecule has 2 N–H and O–H groups in total. The van der Waals surface area contributed by atoms with Gasteiger partial charge in [0.1, 0.15) is 23.0 Å². The Hall–Kier alpha value is -2.76. The first-order valence-corrected chi connectivity index (χ1v) is 9.60. The van der Waals surface area contributed by atoms with Gasteiger partial charge in [0.05, 0.1) is 25.6 Å². The average Bonchev–Trinajstić information content (AvgIpc) is 2.68. The molecule has 0 radical (unpaired) electrons. The molecule has 0 amide bonds. The van der Waals surface area contributed by atoms with Gasteiger partial charge in [-0.1, -0.05) is 0 Å². The first-order valence-electron chi connectivity index (χ1n) is 9.60. The van der Waals surface area contributed by atoms with E-state index in [0.717, 1.165) is 11.4 Å². The summed E-state index contributed by atoms with van der Waals surface area (Å²) in [4.78, 5) is 4.72. The molecule has 2 aromatic carbocycles. The van der Waals surface area contributed by atoms with Crippen LogP contribution in [-0.4, -0.2) is 48.6 Å². The van der Waals surface area contributed by atoms with Crippen LogP contribution in [0.2, 0.25) is 0 Å². The molecular formula is C22H30N2O4. The number of aromatic hydroxyl groups is 2. The fraction of sp³-hybridized carbons (Fsp3) is 0.455. The Morgan fingerprint density at radius 3 is 1.25 bits per heavy atom. The lowest BCUT2D eigenvalue weighted by molar-refractivity contribution is 0.332. The Kier molecular flexibility index (Phi) is 5.49. The quantitative estimate of drug-likeness (QED) is 0.828. The van der Waals surface area contributed by atoms with E-state index in [4.69, 9.17) is 9.47 Å². The fourth-order valence-electron chi connectivity index (χ4n) is 4.31. The molecule has 2 aromatic rings. The number of phenols is 2. The molecule has 0 saturated carbocycles. The zero-order valence-electron chi connectivity index (χ0n) is 17.4. The van der Waals surface area contributed by atoms with Crippen LogP contribution in [0.25, 0.3) is 0 Å². The minimum Gasteiger partial charge on any atom is -0.508 e. The SMILES string of the molecule is COc1cc(O)ccc1N1C(C)C(C)N(c2ccc(O)cc2OC)C(C)C1C. The van der Waals surface area contributed by atoms with E-state index < -0.39 is 0 Å². The zero-order valence-corrected chi connectivity index (χ0v) is 17.4. The summed E-state index contributed by atoms with van der Waals surface area (Å²) in [6, 6.07) is 11.2. The monoisotopic (exact) mass is 386 g/mol. The Balaban J connectivity index is 2.03. The summed E-state index contributed by atoms with van der Waals surface area (Å²) in [6.45, 7) is 8.77. The highest BCUT2D eigenvalue weighted by atomic mass is 16.5. The third-order valence-corrected chi connectivity index (χ3v) is 6.03. The Labute approximate surface area is 166 Å². The van der Waals surface area contributed by atoms with Gasteiger partial charge in [-0.3, -0.25) is 0 Å². The summed E-state index contributed by atoms with van der Waals surface area (Å²) in [5.74, 6) is 1.70. The largest absolute Gasteiger partial charge is 0.508 e. The molecule has 0 aromatic heterocycles. The van der Waals surface area contributed by atoms with Crippen molar-refractivity contribution in [3.63, 3.8) is 0 Å². The van der Waals surface area contributed by atoms with Crippen LogP contribution >= 0.6 is 0 Å². The van der Waals surface area contributed by atoms with Crippen molar-refractivity contribution < 1.29 is 19.7 Å². The number of benzene rings is 2. The lowest BCUT2D eigenvalue weighted by atomic mass is 9.92. The van der Waals surface area contributed by atoms with Crippen LogP contribution in [0.4, 0.5) is 11.4 Å². The molecular weight excluding hydrogens is 356 g/mol. The molecule has 0 spiro atoms. The second-order valence-electron chi connectivity index (χ2n) is 7.49. The summed E-state index contributed by atoms with van der Waals surface area (Å²) >= 11 is 0. The maximum absolute atomic E-state index is 9.83. The van der Waals surface area contributed by atoms with Crippen LogP contribution in [0.1, 0.15) is 27.7 Å². The Bertz CT molecular complexity index is 756. The maximum atomic E-state index is 9.83. The predicted molar refractivity (Wildman–Crippen MR) is 112 cm³/mol. The molecule has 6 heteroatoms. The molecule has 1 fully saturated rings. The van der Waals surface area contributed by atoms with Crippen LogP contribution < -0.4 is 19.3 Å². The van der Waals surface area contributed by atoms with Gasteiger partial charge in [-0.05, 0) is 52.0 Å². The van der Waals surface area contributed by atoms with Crippen LogP contribution in [0, 0.1) is 0 Å². The summed E-state index contributed by atoms with van der Waals surface area (Å²) in [5, 5.41) is 19.7. The summed E-state index contributed by atoms with van der Waals surface area (Å²) in [7, 11) is 3.25. The maximum Gasteiger partial charge on any atom is 0.145 e. The van der Waals surface area contributed by atoms with Crippen molar-refractivity contribution in [2.75, 3.05) is 24.0 Å². The molecule has 6 nitrogen and oxygen atoms in total. The lowest BCUT2D eigenvalue weighted by Gasteiger charge is -2.55.